The van der Waals surface area contributed by atoms with Crippen molar-refractivity contribution in [1.82, 2.24) is 4.98 Å². The lowest BCUT2D eigenvalue weighted by Gasteiger charge is -2.22. The Bertz CT molecular complexity index is 601. The summed E-state index contributed by atoms with van der Waals surface area (Å²) in [6.45, 7) is 0.748. The summed E-state index contributed by atoms with van der Waals surface area (Å²) < 4.78 is 13.3. The van der Waals surface area contributed by atoms with Crippen molar-refractivity contribution >= 4 is 22.9 Å². The van der Waals surface area contributed by atoms with Crippen LogP contribution in [-0.2, 0) is 6.42 Å². The third-order valence-corrected chi connectivity index (χ3v) is 3.28. The van der Waals surface area contributed by atoms with Crippen molar-refractivity contribution in [2.75, 3.05) is 18.5 Å². The molecule has 0 amide bonds. The molecule has 1 heterocycles. The van der Waals surface area contributed by atoms with Gasteiger partial charge in [0.2, 0.25) is 0 Å². The molecule has 0 saturated heterocycles. The predicted octanol–water partition coefficient (Wildman–Crippen LogP) is 2.53. The smallest absolute Gasteiger partial charge is 0.124 e. The van der Waals surface area contributed by atoms with Crippen LogP contribution in [0.5, 0.6) is 0 Å². The number of halogens is 1. The minimum absolute atomic E-state index is 0.198. The van der Waals surface area contributed by atoms with Crippen LogP contribution in [0.2, 0.25) is 0 Å². The van der Waals surface area contributed by atoms with Gasteiger partial charge in [-0.15, -0.1) is 0 Å². The van der Waals surface area contributed by atoms with Crippen molar-refractivity contribution in [2.45, 2.75) is 6.42 Å². The van der Waals surface area contributed by atoms with Gasteiger partial charge in [-0.3, -0.25) is 4.98 Å². The van der Waals surface area contributed by atoms with Crippen molar-refractivity contribution in [3.8, 4) is 0 Å². The first kappa shape index (κ1) is 14.4. The Morgan fingerprint density at radius 3 is 2.80 bits per heavy atom. The van der Waals surface area contributed by atoms with Crippen molar-refractivity contribution in [3.63, 3.8) is 0 Å². The maximum absolute atomic E-state index is 13.3. The van der Waals surface area contributed by atoms with E-state index in [1.807, 2.05) is 30.1 Å². The number of thiocarbonyl (C=S) groups is 1. The summed E-state index contributed by atoms with van der Waals surface area (Å²) in [5.74, 6) is -0.338. The van der Waals surface area contributed by atoms with Crippen LogP contribution in [0, 0.1) is 5.82 Å². The lowest BCUT2D eigenvalue weighted by molar-refractivity contribution is 0.627. The van der Waals surface area contributed by atoms with E-state index in [0.717, 1.165) is 24.3 Å². The topological polar surface area (TPSA) is 42.2 Å². The molecule has 2 aromatic rings. The normalized spacial score (nSPS) is 10.3. The Labute approximate surface area is 123 Å². The Balaban J connectivity index is 2.13. The number of pyridine rings is 1. The van der Waals surface area contributed by atoms with E-state index in [2.05, 4.69) is 4.98 Å². The first-order chi connectivity index (χ1) is 9.58. The van der Waals surface area contributed by atoms with Crippen LogP contribution in [0.4, 0.5) is 10.1 Å². The molecule has 0 aliphatic rings. The van der Waals surface area contributed by atoms with E-state index >= 15 is 0 Å². The van der Waals surface area contributed by atoms with Crippen LogP contribution in [-0.4, -0.2) is 23.6 Å². The van der Waals surface area contributed by atoms with Crippen LogP contribution in [0.3, 0.4) is 0 Å². The average molecular weight is 289 g/mol. The summed E-state index contributed by atoms with van der Waals surface area (Å²) in [4.78, 5) is 6.48. The van der Waals surface area contributed by atoms with Gasteiger partial charge in [-0.1, -0.05) is 18.3 Å². The van der Waals surface area contributed by atoms with Crippen LogP contribution in [0.25, 0.3) is 0 Å². The number of aromatic nitrogens is 1. The number of nitrogens with two attached hydrogens (primary N) is 1. The number of hydrogen-bond acceptors (Lipinski definition) is 3. The van der Waals surface area contributed by atoms with E-state index in [-0.39, 0.29) is 10.8 Å². The largest absolute Gasteiger partial charge is 0.389 e. The van der Waals surface area contributed by atoms with Gasteiger partial charge in [0.25, 0.3) is 0 Å². The second-order valence-corrected chi connectivity index (χ2v) is 4.96. The predicted molar refractivity (Wildman–Crippen MR) is 83.5 cm³/mol. The maximum Gasteiger partial charge on any atom is 0.124 e. The van der Waals surface area contributed by atoms with Gasteiger partial charge in [0.15, 0.2) is 0 Å². The van der Waals surface area contributed by atoms with E-state index in [0.29, 0.717) is 5.56 Å². The Morgan fingerprint density at radius 1 is 1.35 bits per heavy atom. The molecule has 0 aliphatic carbocycles. The first-order valence-electron chi connectivity index (χ1n) is 6.28. The number of anilines is 1. The molecule has 2 N–H and O–H groups in total. The molecule has 0 radical (unpaired) electrons. The van der Waals surface area contributed by atoms with E-state index in [4.69, 9.17) is 18.0 Å². The van der Waals surface area contributed by atoms with Crippen molar-refractivity contribution < 1.29 is 4.39 Å². The highest BCUT2D eigenvalue weighted by Gasteiger charge is 2.11. The van der Waals surface area contributed by atoms with Crippen LogP contribution in [0.1, 0.15) is 11.3 Å². The molecule has 3 nitrogen and oxygen atoms in total. The number of benzene rings is 1. The quantitative estimate of drug-likeness (QED) is 0.859. The summed E-state index contributed by atoms with van der Waals surface area (Å²) in [7, 11) is 1.93. The van der Waals surface area contributed by atoms with Crippen LogP contribution < -0.4 is 10.6 Å². The highest BCUT2D eigenvalue weighted by Crippen LogP contribution is 2.21. The highest BCUT2D eigenvalue weighted by molar-refractivity contribution is 7.80. The molecule has 20 heavy (non-hydrogen) atoms. The zero-order chi connectivity index (χ0) is 14.5. The second kappa shape index (κ2) is 6.43. The molecule has 104 valence electrons. The number of rotatable bonds is 5. The molecule has 1 aromatic carbocycles. The number of likely N-dealkylation sites (N-methyl/N-ethyl adjacent to an activating group) is 1. The lowest BCUT2D eigenvalue weighted by atomic mass is 10.1. The minimum atomic E-state index is -0.338. The van der Waals surface area contributed by atoms with Gasteiger partial charge in [0.1, 0.15) is 10.8 Å². The Morgan fingerprint density at radius 2 is 2.15 bits per heavy atom. The molecule has 2 rings (SSSR count). The van der Waals surface area contributed by atoms with Gasteiger partial charge in [-0.2, -0.15) is 0 Å². The molecule has 0 unspecified atom stereocenters. The van der Waals surface area contributed by atoms with Crippen molar-refractivity contribution in [1.29, 1.82) is 0 Å². The molecule has 5 heteroatoms. The van der Waals surface area contributed by atoms with E-state index in [9.17, 15) is 4.39 Å². The molecule has 0 aliphatic heterocycles. The molecule has 0 spiro atoms. The highest BCUT2D eigenvalue weighted by atomic mass is 32.1. The standard InChI is InChI=1S/C15H16FN3S/c1-19(9-7-12-4-2-3-8-18-12)14-6-5-11(16)10-13(14)15(17)20/h2-6,8,10H,7,9H2,1H3,(H2,17,20). The van der Waals surface area contributed by atoms with Gasteiger partial charge < -0.3 is 10.6 Å². The molecule has 0 bridgehead atoms. The van der Waals surface area contributed by atoms with Gasteiger partial charge in [-0.05, 0) is 30.3 Å². The summed E-state index contributed by atoms with van der Waals surface area (Å²) in [5.41, 5.74) is 8.05. The van der Waals surface area contributed by atoms with Gasteiger partial charge in [0.05, 0.1) is 0 Å². The fourth-order valence-electron chi connectivity index (χ4n) is 1.99. The lowest BCUT2D eigenvalue weighted by Crippen LogP contribution is -2.24. The molecule has 1 aromatic heterocycles. The molecule has 0 fully saturated rings. The van der Waals surface area contributed by atoms with Crippen LogP contribution >= 0.6 is 12.2 Å². The van der Waals surface area contributed by atoms with Crippen LogP contribution in [0.15, 0.2) is 42.6 Å². The van der Waals surface area contributed by atoms with E-state index < -0.39 is 0 Å². The van der Waals surface area contributed by atoms with E-state index in [1.54, 1.807) is 12.3 Å². The molecular formula is C15H16FN3S. The average Bonchev–Trinajstić information content (AvgIpc) is 2.45. The van der Waals surface area contributed by atoms with Gasteiger partial charge in [-0.25, -0.2) is 4.39 Å². The molecule has 0 atom stereocenters. The summed E-state index contributed by atoms with van der Waals surface area (Å²) in [6, 6.07) is 10.3. The van der Waals surface area contributed by atoms with E-state index in [1.165, 1.54) is 12.1 Å². The summed E-state index contributed by atoms with van der Waals surface area (Å²) in [6.07, 6.45) is 2.57. The number of hydrogen-bond donors (Lipinski definition) is 1. The minimum Gasteiger partial charge on any atom is -0.389 e. The SMILES string of the molecule is CN(CCc1ccccn1)c1ccc(F)cc1C(N)=S. The zero-order valence-corrected chi connectivity index (χ0v) is 12.0. The van der Waals surface area contributed by atoms with Gasteiger partial charge in [0, 0.05) is 43.2 Å². The van der Waals surface area contributed by atoms with Crippen molar-refractivity contribution in [3.05, 3.63) is 59.7 Å². The van der Waals surface area contributed by atoms with Gasteiger partial charge >= 0.3 is 0 Å². The monoisotopic (exact) mass is 289 g/mol. The zero-order valence-electron chi connectivity index (χ0n) is 11.2. The van der Waals surface area contributed by atoms with Crippen molar-refractivity contribution in [2.24, 2.45) is 5.73 Å². The Hall–Kier alpha value is -2.01. The summed E-state index contributed by atoms with van der Waals surface area (Å²) in [5, 5.41) is 0. The molecular weight excluding hydrogens is 273 g/mol. The summed E-state index contributed by atoms with van der Waals surface area (Å²) >= 11 is 4.98. The third-order valence-electron chi connectivity index (χ3n) is 3.06. The fourth-order valence-corrected chi connectivity index (χ4v) is 2.15. The first-order valence-corrected chi connectivity index (χ1v) is 6.69. The molecule has 0 saturated carbocycles. The second-order valence-electron chi connectivity index (χ2n) is 4.52. The number of nitrogens with zero attached hydrogens (tertiary/aromatic N) is 2. The maximum atomic E-state index is 13.3. The fraction of sp³-hybridized carbons (Fsp3) is 0.200. The Kier molecular flexibility index (Phi) is 4.63. The third kappa shape index (κ3) is 3.51.